The minimum absolute atomic E-state index is 0.130. The fraction of sp³-hybridized carbons (Fsp3) is 0.533. The Kier molecular flexibility index (Phi) is 6.35. The van der Waals surface area contributed by atoms with Gasteiger partial charge in [-0.1, -0.05) is 26.0 Å². The maximum absolute atomic E-state index is 13.5. The number of likely N-dealkylation sites (tertiary alicyclic amines) is 1. The number of anilines is 1. The number of hydrogen-bond donors (Lipinski definition) is 1. The van der Waals surface area contributed by atoms with Crippen molar-refractivity contribution >= 4 is 11.6 Å². The summed E-state index contributed by atoms with van der Waals surface area (Å²) in [4.78, 5) is 20.9. The van der Waals surface area contributed by atoms with Gasteiger partial charge in [0.05, 0.1) is 5.41 Å². The van der Waals surface area contributed by atoms with Crippen molar-refractivity contribution < 1.29 is 4.79 Å². The minimum Gasteiger partial charge on any atom is -0.321 e. The maximum Gasteiger partial charge on any atom is 0.274 e. The van der Waals surface area contributed by atoms with Crippen LogP contribution in [0.1, 0.15) is 84.6 Å². The van der Waals surface area contributed by atoms with E-state index in [1.165, 1.54) is 29.5 Å². The second-order valence-electron chi connectivity index (χ2n) is 11.8. The summed E-state index contributed by atoms with van der Waals surface area (Å²) >= 11 is 0. The van der Waals surface area contributed by atoms with Crippen molar-refractivity contribution in [3.8, 4) is 0 Å². The SMILES string of the molecule is CC1CC(c2cccc(NC(=O)c3cc(CN4CCC[C@H](C)C4)c4c(n3)CCC4)c2)(c2nncn2C)C1. The summed E-state index contributed by atoms with van der Waals surface area (Å²) in [7, 11) is 2.01. The molecule has 1 amide bonds. The molecule has 194 valence electrons. The van der Waals surface area contributed by atoms with Crippen LogP contribution in [0.5, 0.6) is 0 Å². The Morgan fingerprint density at radius 2 is 2.00 bits per heavy atom. The van der Waals surface area contributed by atoms with Crippen LogP contribution in [-0.4, -0.2) is 43.6 Å². The van der Waals surface area contributed by atoms with E-state index in [1.54, 1.807) is 6.33 Å². The van der Waals surface area contributed by atoms with Crippen LogP contribution in [-0.2, 0) is 31.8 Å². The van der Waals surface area contributed by atoms with Gasteiger partial charge in [-0.3, -0.25) is 9.69 Å². The number of aromatic nitrogens is 4. The van der Waals surface area contributed by atoms with Crippen molar-refractivity contribution in [3.63, 3.8) is 0 Å². The van der Waals surface area contributed by atoms with Crippen LogP contribution in [0, 0.1) is 11.8 Å². The predicted octanol–water partition coefficient (Wildman–Crippen LogP) is 4.90. The lowest BCUT2D eigenvalue weighted by atomic mass is 9.58. The van der Waals surface area contributed by atoms with Crippen molar-refractivity contribution in [2.45, 2.75) is 70.8 Å². The quantitative estimate of drug-likeness (QED) is 0.523. The smallest absolute Gasteiger partial charge is 0.274 e. The fourth-order valence-electron chi connectivity index (χ4n) is 7.04. The second kappa shape index (κ2) is 9.67. The molecule has 1 aromatic carbocycles. The lowest BCUT2D eigenvalue weighted by Gasteiger charge is -2.46. The van der Waals surface area contributed by atoms with Gasteiger partial charge in [0.1, 0.15) is 17.8 Å². The first-order chi connectivity index (χ1) is 17.9. The third-order valence-electron chi connectivity index (χ3n) is 8.72. The number of fused-ring (bicyclic) bond motifs is 1. The van der Waals surface area contributed by atoms with E-state index in [0.29, 0.717) is 11.6 Å². The fourth-order valence-corrected chi connectivity index (χ4v) is 7.04. The van der Waals surface area contributed by atoms with E-state index in [4.69, 9.17) is 4.98 Å². The molecule has 1 saturated carbocycles. The molecular weight excluding hydrogens is 460 g/mol. The molecule has 0 unspecified atom stereocenters. The highest BCUT2D eigenvalue weighted by Gasteiger charge is 2.48. The topological polar surface area (TPSA) is 75.9 Å². The number of piperidine rings is 1. The molecule has 2 aromatic heterocycles. The molecule has 3 heterocycles. The Morgan fingerprint density at radius 3 is 2.76 bits per heavy atom. The highest BCUT2D eigenvalue weighted by molar-refractivity contribution is 6.03. The largest absolute Gasteiger partial charge is 0.321 e. The minimum atomic E-state index is -0.157. The number of nitrogens with zero attached hydrogens (tertiary/aromatic N) is 5. The van der Waals surface area contributed by atoms with Crippen LogP contribution in [0.4, 0.5) is 5.69 Å². The van der Waals surface area contributed by atoms with Crippen molar-refractivity contribution in [2.24, 2.45) is 18.9 Å². The van der Waals surface area contributed by atoms with Gasteiger partial charge < -0.3 is 9.88 Å². The number of aryl methyl sites for hydroxylation is 2. The van der Waals surface area contributed by atoms with E-state index in [-0.39, 0.29) is 11.3 Å². The number of benzene rings is 1. The first-order valence-electron chi connectivity index (χ1n) is 13.9. The van der Waals surface area contributed by atoms with E-state index in [0.717, 1.165) is 74.9 Å². The molecule has 3 aliphatic rings. The van der Waals surface area contributed by atoms with Gasteiger partial charge in [-0.2, -0.15) is 0 Å². The molecule has 1 saturated heterocycles. The van der Waals surface area contributed by atoms with Crippen LogP contribution in [0.3, 0.4) is 0 Å². The third-order valence-corrected chi connectivity index (χ3v) is 8.72. The highest BCUT2D eigenvalue weighted by Crippen LogP contribution is 2.51. The van der Waals surface area contributed by atoms with Gasteiger partial charge in [0.15, 0.2) is 0 Å². The van der Waals surface area contributed by atoms with Crippen LogP contribution in [0.2, 0.25) is 0 Å². The molecule has 0 spiro atoms. The summed E-state index contributed by atoms with van der Waals surface area (Å²) in [6.07, 6.45) is 9.57. The maximum atomic E-state index is 13.5. The Bertz CT molecular complexity index is 1310. The molecule has 1 N–H and O–H groups in total. The van der Waals surface area contributed by atoms with Gasteiger partial charge >= 0.3 is 0 Å². The predicted molar refractivity (Wildman–Crippen MR) is 145 cm³/mol. The third kappa shape index (κ3) is 4.58. The summed E-state index contributed by atoms with van der Waals surface area (Å²) in [5.41, 5.74) is 6.15. The first kappa shape index (κ1) is 24.3. The standard InChI is InChI=1S/C30H38N6O/c1-20-7-6-12-36(17-20)18-22-13-27(33-26-11-5-10-25(22)26)28(37)32-24-9-4-8-23(14-24)30(15-21(2)16-30)29-34-31-19-35(29)3/h4,8-9,13-14,19-21H,5-7,10-12,15-18H2,1-3H3,(H,32,37)/t20-,21?,30?/m0/s1. The van der Waals surface area contributed by atoms with Crippen LogP contribution < -0.4 is 5.32 Å². The molecule has 2 fully saturated rings. The van der Waals surface area contributed by atoms with Gasteiger partial charge in [-0.15, -0.1) is 10.2 Å². The van der Waals surface area contributed by atoms with Crippen LogP contribution in [0.25, 0.3) is 0 Å². The van der Waals surface area contributed by atoms with E-state index in [9.17, 15) is 4.79 Å². The Hall–Kier alpha value is -3.06. The number of amides is 1. The Morgan fingerprint density at radius 1 is 1.14 bits per heavy atom. The van der Waals surface area contributed by atoms with Crippen molar-refractivity contribution in [3.05, 3.63) is 70.6 Å². The Labute approximate surface area is 219 Å². The van der Waals surface area contributed by atoms with Gasteiger partial charge in [0.2, 0.25) is 0 Å². The van der Waals surface area contributed by atoms with E-state index in [1.807, 2.05) is 23.7 Å². The summed E-state index contributed by atoms with van der Waals surface area (Å²) in [6, 6.07) is 10.3. The lowest BCUT2D eigenvalue weighted by Crippen LogP contribution is -2.43. The molecule has 2 aliphatic carbocycles. The number of nitrogens with one attached hydrogen (secondary N) is 1. The molecule has 37 heavy (non-hydrogen) atoms. The van der Waals surface area contributed by atoms with Crippen molar-refractivity contribution in [2.75, 3.05) is 18.4 Å². The summed E-state index contributed by atoms with van der Waals surface area (Å²) in [5, 5.41) is 11.8. The molecule has 1 aliphatic heterocycles. The zero-order valence-corrected chi connectivity index (χ0v) is 22.3. The monoisotopic (exact) mass is 498 g/mol. The molecule has 1 atom stereocenters. The normalized spacial score (nSPS) is 25.5. The summed E-state index contributed by atoms with van der Waals surface area (Å²) in [5.74, 6) is 2.23. The number of pyridine rings is 1. The molecule has 0 bridgehead atoms. The average Bonchev–Trinajstić information content (AvgIpc) is 3.51. The summed E-state index contributed by atoms with van der Waals surface area (Å²) < 4.78 is 2.02. The van der Waals surface area contributed by atoms with Crippen LogP contribution >= 0.6 is 0 Å². The molecule has 3 aromatic rings. The van der Waals surface area contributed by atoms with Crippen molar-refractivity contribution in [1.82, 2.24) is 24.6 Å². The van der Waals surface area contributed by atoms with Crippen LogP contribution in [0.15, 0.2) is 36.7 Å². The zero-order chi connectivity index (χ0) is 25.6. The van der Waals surface area contributed by atoms with Gasteiger partial charge in [0, 0.05) is 31.5 Å². The van der Waals surface area contributed by atoms with E-state index < -0.39 is 0 Å². The van der Waals surface area contributed by atoms with E-state index >= 15 is 0 Å². The second-order valence-corrected chi connectivity index (χ2v) is 11.8. The number of carbonyl (C=O) groups is 1. The number of rotatable bonds is 6. The molecular formula is C30H38N6O. The first-order valence-corrected chi connectivity index (χ1v) is 13.9. The molecule has 7 heteroatoms. The number of hydrogen-bond acceptors (Lipinski definition) is 5. The van der Waals surface area contributed by atoms with Gasteiger partial charge in [0.25, 0.3) is 5.91 Å². The molecule has 6 rings (SSSR count). The van der Waals surface area contributed by atoms with Gasteiger partial charge in [-0.25, -0.2) is 4.98 Å². The average molecular weight is 499 g/mol. The zero-order valence-electron chi connectivity index (χ0n) is 22.3. The highest BCUT2D eigenvalue weighted by atomic mass is 16.1. The molecule has 0 radical (unpaired) electrons. The van der Waals surface area contributed by atoms with E-state index in [2.05, 4.69) is 52.5 Å². The Balaban J connectivity index is 1.25. The number of carbonyl (C=O) groups excluding carboxylic acids is 1. The molecule has 7 nitrogen and oxygen atoms in total. The lowest BCUT2D eigenvalue weighted by molar-refractivity contribution is 0.102. The van der Waals surface area contributed by atoms with Gasteiger partial charge in [-0.05, 0) is 98.2 Å². The summed E-state index contributed by atoms with van der Waals surface area (Å²) in [6.45, 7) is 7.82. The van der Waals surface area contributed by atoms with Crippen molar-refractivity contribution in [1.29, 1.82) is 0 Å².